The molecule has 22 heavy (non-hydrogen) atoms. The minimum atomic E-state index is -3.81. The first-order valence-electron chi connectivity index (χ1n) is 6.36. The Labute approximate surface area is 124 Å². The average molecular weight is 327 g/mol. The van der Waals surface area contributed by atoms with Crippen molar-refractivity contribution < 1.29 is 38.7 Å². The summed E-state index contributed by atoms with van der Waals surface area (Å²) in [7, 11) is 0. The Morgan fingerprint density at radius 3 is 2.41 bits per heavy atom. The zero-order chi connectivity index (χ0) is 17.2. The van der Waals surface area contributed by atoms with Gasteiger partial charge in [-0.25, -0.2) is 14.2 Å². The van der Waals surface area contributed by atoms with E-state index in [0.717, 1.165) is 0 Å². The Hall–Kier alpha value is -1.56. The topological polar surface area (TPSA) is 172 Å². The molecule has 0 bridgehead atoms. The molecule has 0 amide bonds. The minimum absolute atomic E-state index is 0.606. The van der Waals surface area contributed by atoms with Crippen LogP contribution in [0.4, 0.5) is 8.78 Å². The molecule has 9 nitrogen and oxygen atoms in total. The standard InChI is InChI=1S/C11H19F2N3O6/c1-3-5(16-10(14)15)8(12)11(13,9(20)21)22-7(3)6(19)4(18)2-17/h3-8,17-19H,2H2,1H3,(H,20,21)(H4,14,15,16). The van der Waals surface area contributed by atoms with Crippen molar-refractivity contribution in [2.75, 3.05) is 6.61 Å². The number of ether oxygens (including phenoxy) is 1. The van der Waals surface area contributed by atoms with Crippen LogP contribution in [0.5, 0.6) is 0 Å². The number of rotatable bonds is 5. The molecule has 0 aliphatic carbocycles. The molecule has 0 saturated carbocycles. The van der Waals surface area contributed by atoms with E-state index in [0.29, 0.717) is 0 Å². The molecule has 0 aromatic rings. The summed E-state index contributed by atoms with van der Waals surface area (Å²) in [5.41, 5.74) is 10.2. The maximum Gasteiger partial charge on any atom is 0.372 e. The fourth-order valence-corrected chi connectivity index (χ4v) is 2.28. The van der Waals surface area contributed by atoms with Crippen molar-refractivity contribution in [2.24, 2.45) is 22.4 Å². The molecule has 128 valence electrons. The molecule has 8 N–H and O–H groups in total. The number of aliphatic carboxylic acids is 1. The van der Waals surface area contributed by atoms with Gasteiger partial charge in [0.05, 0.1) is 18.8 Å². The maximum atomic E-state index is 14.3. The number of carboxylic acid groups (broad SMARTS) is 1. The van der Waals surface area contributed by atoms with Crippen LogP contribution in [0.25, 0.3) is 0 Å². The number of aliphatic hydroxyl groups is 3. The second-order valence-corrected chi connectivity index (χ2v) is 5.08. The van der Waals surface area contributed by atoms with Gasteiger partial charge in [-0.05, 0) is 0 Å². The van der Waals surface area contributed by atoms with Gasteiger partial charge in [-0.3, -0.25) is 0 Å². The number of carbonyl (C=O) groups is 1. The Morgan fingerprint density at radius 1 is 1.45 bits per heavy atom. The molecule has 7 unspecified atom stereocenters. The van der Waals surface area contributed by atoms with Gasteiger partial charge in [0.1, 0.15) is 12.2 Å². The number of hydrogen-bond donors (Lipinski definition) is 6. The lowest BCUT2D eigenvalue weighted by Gasteiger charge is -2.44. The second-order valence-electron chi connectivity index (χ2n) is 5.08. The lowest BCUT2D eigenvalue weighted by molar-refractivity contribution is -0.282. The van der Waals surface area contributed by atoms with Crippen LogP contribution in [0.15, 0.2) is 4.99 Å². The number of hydrogen-bond acceptors (Lipinski definition) is 6. The highest BCUT2D eigenvalue weighted by molar-refractivity contribution is 5.78. The molecule has 0 spiro atoms. The Bertz CT molecular complexity index is 450. The molecule has 1 saturated heterocycles. The van der Waals surface area contributed by atoms with Crippen LogP contribution in [0.1, 0.15) is 6.92 Å². The number of nitrogens with two attached hydrogens (primary N) is 2. The first-order chi connectivity index (χ1) is 10.1. The lowest BCUT2D eigenvalue weighted by atomic mass is 9.82. The molecule has 11 heteroatoms. The summed E-state index contributed by atoms with van der Waals surface area (Å²) in [6, 6.07) is -1.66. The van der Waals surface area contributed by atoms with Gasteiger partial charge in [0.2, 0.25) is 0 Å². The summed E-state index contributed by atoms with van der Waals surface area (Å²) in [6.07, 6.45) is -8.03. The molecular weight excluding hydrogens is 308 g/mol. The number of guanidine groups is 1. The van der Waals surface area contributed by atoms with Crippen molar-refractivity contribution in [3.63, 3.8) is 0 Å². The fraction of sp³-hybridized carbons (Fsp3) is 0.818. The highest BCUT2D eigenvalue weighted by Crippen LogP contribution is 2.39. The van der Waals surface area contributed by atoms with E-state index in [9.17, 15) is 23.8 Å². The average Bonchev–Trinajstić information content (AvgIpc) is 2.45. The number of nitrogens with zero attached hydrogens (tertiary/aromatic N) is 1. The third-order valence-corrected chi connectivity index (χ3v) is 3.53. The van der Waals surface area contributed by atoms with E-state index in [4.69, 9.17) is 21.7 Å². The molecule has 1 aliphatic rings. The van der Waals surface area contributed by atoms with E-state index in [1.165, 1.54) is 6.92 Å². The molecule has 1 aliphatic heterocycles. The van der Waals surface area contributed by atoms with Crippen molar-refractivity contribution in [2.45, 2.75) is 43.3 Å². The predicted molar refractivity (Wildman–Crippen MR) is 69.1 cm³/mol. The van der Waals surface area contributed by atoms with E-state index in [1.54, 1.807) is 0 Å². The Kier molecular flexibility index (Phi) is 5.62. The monoisotopic (exact) mass is 327 g/mol. The highest BCUT2D eigenvalue weighted by atomic mass is 19.2. The van der Waals surface area contributed by atoms with Crippen molar-refractivity contribution in [1.29, 1.82) is 0 Å². The van der Waals surface area contributed by atoms with Crippen molar-refractivity contribution in [1.82, 2.24) is 0 Å². The van der Waals surface area contributed by atoms with Crippen LogP contribution in [0.2, 0.25) is 0 Å². The summed E-state index contributed by atoms with van der Waals surface area (Å²) < 4.78 is 33.1. The molecular formula is C11H19F2N3O6. The summed E-state index contributed by atoms with van der Waals surface area (Å²) in [5.74, 6) is -7.77. The van der Waals surface area contributed by atoms with Gasteiger partial charge in [-0.2, -0.15) is 4.39 Å². The summed E-state index contributed by atoms with van der Waals surface area (Å²) in [6.45, 7) is 0.384. The first kappa shape index (κ1) is 18.5. The Balaban J connectivity index is 3.25. The van der Waals surface area contributed by atoms with E-state index in [1.807, 2.05) is 0 Å². The van der Waals surface area contributed by atoms with Crippen LogP contribution in [-0.2, 0) is 9.53 Å². The van der Waals surface area contributed by atoms with Crippen LogP contribution >= 0.6 is 0 Å². The number of alkyl halides is 2. The SMILES string of the molecule is CC1C(N=C(N)N)C(F)C(F)(C(=O)O)OC1C(O)C(O)CO. The molecule has 1 rings (SSSR count). The van der Waals surface area contributed by atoms with Crippen molar-refractivity contribution >= 4 is 11.9 Å². The second kappa shape index (κ2) is 6.69. The van der Waals surface area contributed by atoms with Crippen LogP contribution in [0, 0.1) is 5.92 Å². The fourth-order valence-electron chi connectivity index (χ4n) is 2.28. The highest BCUT2D eigenvalue weighted by Gasteiger charge is 2.61. The quantitative estimate of drug-likeness (QED) is 0.237. The van der Waals surface area contributed by atoms with Gasteiger partial charge < -0.3 is 36.6 Å². The van der Waals surface area contributed by atoms with Gasteiger partial charge in [-0.1, -0.05) is 6.92 Å². The summed E-state index contributed by atoms with van der Waals surface area (Å²) in [5, 5.41) is 36.9. The van der Waals surface area contributed by atoms with Gasteiger partial charge in [0, 0.05) is 5.92 Å². The zero-order valence-corrected chi connectivity index (χ0v) is 11.6. The molecule has 0 radical (unpaired) electrons. The molecule has 1 fully saturated rings. The zero-order valence-electron chi connectivity index (χ0n) is 11.6. The van der Waals surface area contributed by atoms with Crippen LogP contribution < -0.4 is 11.5 Å². The van der Waals surface area contributed by atoms with E-state index < -0.39 is 60.8 Å². The van der Waals surface area contributed by atoms with Crippen LogP contribution in [0.3, 0.4) is 0 Å². The number of carboxylic acids is 1. The van der Waals surface area contributed by atoms with Gasteiger partial charge >= 0.3 is 11.8 Å². The third kappa shape index (κ3) is 3.27. The minimum Gasteiger partial charge on any atom is -0.477 e. The number of aliphatic hydroxyl groups excluding tert-OH is 3. The van der Waals surface area contributed by atoms with Gasteiger partial charge in [0.25, 0.3) is 0 Å². The number of halogens is 2. The van der Waals surface area contributed by atoms with Gasteiger partial charge in [-0.15, -0.1) is 0 Å². The third-order valence-electron chi connectivity index (χ3n) is 3.53. The molecule has 1 heterocycles. The summed E-state index contributed by atoms with van der Waals surface area (Å²) in [4.78, 5) is 14.4. The van der Waals surface area contributed by atoms with Gasteiger partial charge in [0.15, 0.2) is 12.1 Å². The van der Waals surface area contributed by atoms with Crippen molar-refractivity contribution in [3.8, 4) is 0 Å². The van der Waals surface area contributed by atoms with E-state index in [2.05, 4.69) is 9.73 Å². The molecule has 0 aromatic carbocycles. The van der Waals surface area contributed by atoms with Crippen LogP contribution in [-0.4, -0.2) is 75.3 Å². The summed E-state index contributed by atoms with van der Waals surface area (Å²) >= 11 is 0. The largest absolute Gasteiger partial charge is 0.477 e. The van der Waals surface area contributed by atoms with Crippen molar-refractivity contribution in [3.05, 3.63) is 0 Å². The first-order valence-corrected chi connectivity index (χ1v) is 6.36. The lowest BCUT2D eigenvalue weighted by Crippen LogP contribution is -2.64. The smallest absolute Gasteiger partial charge is 0.372 e. The molecule has 7 atom stereocenters. The maximum absolute atomic E-state index is 14.3. The number of aliphatic imine (C=N–C) groups is 1. The van der Waals surface area contributed by atoms with E-state index >= 15 is 0 Å². The van der Waals surface area contributed by atoms with E-state index in [-0.39, 0.29) is 0 Å². The molecule has 0 aromatic heterocycles. The normalized spacial score (nSPS) is 38.1. The Morgan fingerprint density at radius 2 is 2.00 bits per heavy atom. The predicted octanol–water partition coefficient (Wildman–Crippen LogP) is -2.53.